The molecule has 3 heterocycles. The monoisotopic (exact) mass is 424 g/mol. The Morgan fingerprint density at radius 2 is 1.90 bits per heavy atom. The first-order valence-corrected chi connectivity index (χ1v) is 11.2. The SMILES string of the molecule is O=C1NC(=O)C2(CCN(CCc3ccc(OC4=NC5C=CC=CC5S4)cc3)CC2)N1. The number of benzene rings is 1. The van der Waals surface area contributed by atoms with Crippen LogP contribution in [0.5, 0.6) is 5.75 Å². The van der Waals surface area contributed by atoms with E-state index in [4.69, 9.17) is 4.74 Å². The van der Waals surface area contributed by atoms with Crippen molar-refractivity contribution in [3.8, 4) is 5.75 Å². The molecule has 4 aliphatic rings. The van der Waals surface area contributed by atoms with Gasteiger partial charge >= 0.3 is 6.03 Å². The van der Waals surface area contributed by atoms with E-state index in [-0.39, 0.29) is 18.0 Å². The Morgan fingerprint density at radius 3 is 2.60 bits per heavy atom. The second kappa shape index (κ2) is 7.92. The highest BCUT2D eigenvalue weighted by Crippen LogP contribution is 2.32. The Hall–Kier alpha value is -2.58. The summed E-state index contributed by atoms with van der Waals surface area (Å²) in [6, 6.07) is 7.99. The van der Waals surface area contributed by atoms with Crippen LogP contribution >= 0.6 is 11.8 Å². The highest BCUT2D eigenvalue weighted by atomic mass is 32.2. The summed E-state index contributed by atoms with van der Waals surface area (Å²) < 4.78 is 5.95. The van der Waals surface area contributed by atoms with E-state index >= 15 is 0 Å². The van der Waals surface area contributed by atoms with E-state index in [1.54, 1.807) is 11.8 Å². The number of nitrogens with zero attached hydrogens (tertiary/aromatic N) is 2. The molecule has 0 bridgehead atoms. The molecule has 0 aromatic heterocycles. The molecule has 2 atom stereocenters. The Morgan fingerprint density at radius 1 is 1.13 bits per heavy atom. The van der Waals surface area contributed by atoms with Crippen molar-refractivity contribution in [3.05, 3.63) is 54.1 Å². The van der Waals surface area contributed by atoms with E-state index in [0.717, 1.165) is 37.0 Å². The lowest BCUT2D eigenvalue weighted by molar-refractivity contribution is -0.125. The zero-order valence-electron chi connectivity index (χ0n) is 16.5. The number of likely N-dealkylation sites (tertiary alicyclic amines) is 1. The van der Waals surface area contributed by atoms with E-state index < -0.39 is 5.54 Å². The normalized spacial score (nSPS) is 27.0. The van der Waals surface area contributed by atoms with Gasteiger partial charge in [-0.15, -0.1) is 0 Å². The van der Waals surface area contributed by atoms with Gasteiger partial charge in [-0.1, -0.05) is 48.2 Å². The van der Waals surface area contributed by atoms with Crippen molar-refractivity contribution in [1.82, 2.24) is 15.5 Å². The highest BCUT2D eigenvalue weighted by Gasteiger charge is 2.47. The smallest absolute Gasteiger partial charge is 0.322 e. The molecule has 7 nitrogen and oxygen atoms in total. The van der Waals surface area contributed by atoms with Crippen LogP contribution in [0.2, 0.25) is 0 Å². The van der Waals surface area contributed by atoms with Gasteiger partial charge in [-0.05, 0) is 37.0 Å². The molecule has 1 aliphatic carbocycles. The molecule has 156 valence electrons. The molecule has 2 fully saturated rings. The van der Waals surface area contributed by atoms with Gasteiger partial charge < -0.3 is 15.0 Å². The number of aliphatic imine (C=N–C) groups is 1. The predicted octanol–water partition coefficient (Wildman–Crippen LogP) is 2.25. The van der Waals surface area contributed by atoms with E-state index in [1.165, 1.54) is 5.56 Å². The Labute approximate surface area is 179 Å². The number of hydrogen-bond donors (Lipinski definition) is 2. The first-order chi connectivity index (χ1) is 14.6. The fourth-order valence-electron chi connectivity index (χ4n) is 4.27. The van der Waals surface area contributed by atoms with Crippen molar-refractivity contribution < 1.29 is 14.3 Å². The van der Waals surface area contributed by atoms with Crippen molar-refractivity contribution in [2.24, 2.45) is 4.99 Å². The summed E-state index contributed by atoms with van der Waals surface area (Å²) in [5.74, 6) is 0.624. The fourth-order valence-corrected chi connectivity index (χ4v) is 5.29. The lowest BCUT2D eigenvalue weighted by Gasteiger charge is -2.36. The third-order valence-corrected chi connectivity index (χ3v) is 7.22. The summed E-state index contributed by atoms with van der Waals surface area (Å²) in [7, 11) is 0. The average molecular weight is 425 g/mol. The number of fused-ring (bicyclic) bond motifs is 1. The molecular formula is C22H24N4O3S. The van der Waals surface area contributed by atoms with Crippen LogP contribution in [0.25, 0.3) is 0 Å². The van der Waals surface area contributed by atoms with Crippen LogP contribution in [0.1, 0.15) is 18.4 Å². The van der Waals surface area contributed by atoms with Crippen LogP contribution in [0.15, 0.2) is 53.6 Å². The molecule has 5 rings (SSSR count). The minimum Gasteiger partial charge on any atom is -0.434 e. The van der Waals surface area contributed by atoms with Gasteiger partial charge in [-0.3, -0.25) is 10.1 Å². The summed E-state index contributed by atoms with van der Waals surface area (Å²) in [5.41, 5.74) is 0.548. The topological polar surface area (TPSA) is 83.0 Å². The first kappa shape index (κ1) is 19.4. The van der Waals surface area contributed by atoms with Gasteiger partial charge in [-0.2, -0.15) is 0 Å². The van der Waals surface area contributed by atoms with Gasteiger partial charge in [0, 0.05) is 19.6 Å². The molecule has 3 aliphatic heterocycles. The number of carbonyl (C=O) groups is 2. The quantitative estimate of drug-likeness (QED) is 0.725. The van der Waals surface area contributed by atoms with Gasteiger partial charge in [0.25, 0.3) is 11.1 Å². The fraction of sp³-hybridized carbons (Fsp3) is 0.409. The predicted molar refractivity (Wildman–Crippen MR) is 117 cm³/mol. The second-order valence-corrected chi connectivity index (χ2v) is 9.20. The van der Waals surface area contributed by atoms with Crippen molar-refractivity contribution in [1.29, 1.82) is 0 Å². The number of carbonyl (C=O) groups excluding carboxylic acids is 2. The number of ether oxygens (including phenoxy) is 1. The number of urea groups is 1. The second-order valence-electron chi connectivity index (χ2n) is 8.07. The molecule has 0 radical (unpaired) electrons. The molecule has 2 unspecified atom stereocenters. The van der Waals surface area contributed by atoms with E-state index in [0.29, 0.717) is 18.1 Å². The number of nitrogens with one attached hydrogen (secondary N) is 2. The lowest BCUT2D eigenvalue weighted by Crippen LogP contribution is -2.55. The van der Waals surface area contributed by atoms with Crippen LogP contribution in [-0.4, -0.2) is 58.5 Å². The molecule has 1 aromatic rings. The Bertz CT molecular complexity index is 932. The molecular weight excluding hydrogens is 400 g/mol. The molecule has 1 aromatic carbocycles. The van der Waals surface area contributed by atoms with Crippen LogP contribution in [0.3, 0.4) is 0 Å². The van der Waals surface area contributed by atoms with E-state index in [9.17, 15) is 9.59 Å². The number of imide groups is 1. The molecule has 1 spiro atoms. The maximum atomic E-state index is 12.0. The van der Waals surface area contributed by atoms with Gasteiger partial charge in [-0.25, -0.2) is 9.79 Å². The Balaban J connectivity index is 1.10. The molecule has 30 heavy (non-hydrogen) atoms. The maximum absolute atomic E-state index is 12.0. The van der Waals surface area contributed by atoms with Crippen LogP contribution in [0.4, 0.5) is 4.79 Å². The largest absolute Gasteiger partial charge is 0.434 e. The highest BCUT2D eigenvalue weighted by molar-refractivity contribution is 8.14. The van der Waals surface area contributed by atoms with Gasteiger partial charge in [0.1, 0.15) is 11.3 Å². The molecule has 0 saturated carbocycles. The Kier molecular flexibility index (Phi) is 5.12. The van der Waals surface area contributed by atoms with Crippen LogP contribution < -0.4 is 15.4 Å². The minimum atomic E-state index is -0.698. The standard InChI is InChI=1S/C22H24N4O3S/c27-19-22(25-20(28)24-19)10-13-26(14-11-22)12-9-15-5-7-16(8-6-15)29-21-23-17-3-1-2-4-18(17)30-21/h1-8,17-18H,9-14H2,(H2,24,25,27,28). The van der Waals surface area contributed by atoms with E-state index in [2.05, 4.69) is 50.9 Å². The first-order valence-electron chi connectivity index (χ1n) is 10.3. The van der Waals surface area contributed by atoms with Crippen molar-refractivity contribution >= 4 is 28.9 Å². The third-order valence-electron chi connectivity index (χ3n) is 6.12. The van der Waals surface area contributed by atoms with Gasteiger partial charge in [0.15, 0.2) is 0 Å². The summed E-state index contributed by atoms with van der Waals surface area (Å²) in [6.07, 6.45) is 10.6. The summed E-state index contributed by atoms with van der Waals surface area (Å²) in [6.45, 7) is 2.53. The number of allylic oxidation sites excluding steroid dienone is 2. The summed E-state index contributed by atoms with van der Waals surface area (Å²) >= 11 is 1.66. The van der Waals surface area contributed by atoms with E-state index in [1.807, 2.05) is 18.2 Å². The summed E-state index contributed by atoms with van der Waals surface area (Å²) in [4.78, 5) is 30.4. The van der Waals surface area contributed by atoms with Crippen molar-refractivity contribution in [3.63, 3.8) is 0 Å². The zero-order valence-corrected chi connectivity index (χ0v) is 17.4. The molecule has 2 N–H and O–H groups in total. The maximum Gasteiger partial charge on any atom is 0.322 e. The van der Waals surface area contributed by atoms with Crippen molar-refractivity contribution in [2.75, 3.05) is 19.6 Å². The average Bonchev–Trinajstić information content (AvgIpc) is 3.28. The number of hydrogen-bond acceptors (Lipinski definition) is 6. The number of piperidine rings is 1. The third kappa shape index (κ3) is 3.89. The van der Waals surface area contributed by atoms with Crippen LogP contribution in [0, 0.1) is 0 Å². The molecule has 2 saturated heterocycles. The number of rotatable bonds is 4. The number of thioether (sulfide) groups is 1. The van der Waals surface area contributed by atoms with Gasteiger partial charge in [0.2, 0.25) is 0 Å². The van der Waals surface area contributed by atoms with Gasteiger partial charge in [0.05, 0.1) is 11.3 Å². The van der Waals surface area contributed by atoms with Crippen LogP contribution in [-0.2, 0) is 11.2 Å². The van der Waals surface area contributed by atoms with Crippen molar-refractivity contribution in [2.45, 2.75) is 36.1 Å². The zero-order chi connectivity index (χ0) is 20.6. The summed E-state index contributed by atoms with van der Waals surface area (Å²) in [5, 5.41) is 6.23. The molecule has 3 amide bonds. The molecule has 8 heteroatoms. The minimum absolute atomic E-state index is 0.181. The number of amides is 3. The lowest BCUT2D eigenvalue weighted by atomic mass is 9.87.